The maximum atomic E-state index is 13.2. The highest BCUT2D eigenvalue weighted by molar-refractivity contribution is 7.47. The summed E-state index contributed by atoms with van der Waals surface area (Å²) in [7, 11) is -9.93. The minimum absolute atomic E-state index is 0.107. The Morgan fingerprint density at radius 2 is 0.477 bits per heavy atom. The van der Waals surface area contributed by atoms with Crippen molar-refractivity contribution in [1.29, 1.82) is 0 Å². The predicted octanol–water partition coefficient (Wildman–Crippen LogP) is 26.9. The highest BCUT2D eigenvalue weighted by atomic mass is 31.2. The van der Waals surface area contributed by atoms with Gasteiger partial charge in [-0.3, -0.25) is 37.3 Å². The van der Waals surface area contributed by atoms with E-state index in [1.807, 2.05) is 0 Å². The maximum absolute atomic E-state index is 13.2. The predicted molar refractivity (Wildman–Crippen MR) is 441 cm³/mol. The van der Waals surface area contributed by atoms with Crippen molar-refractivity contribution < 1.29 is 80.2 Å². The highest BCUT2D eigenvalue weighted by Crippen LogP contribution is 2.45. The van der Waals surface area contributed by atoms with E-state index in [1.54, 1.807) is 0 Å². The van der Waals surface area contributed by atoms with Gasteiger partial charge < -0.3 is 33.8 Å². The van der Waals surface area contributed by atoms with Crippen LogP contribution in [0.2, 0.25) is 0 Å². The summed E-state index contributed by atoms with van der Waals surface area (Å²) in [6.07, 6.45) is 69.2. The first-order chi connectivity index (χ1) is 51.8. The maximum Gasteiger partial charge on any atom is 0.472 e. The quantitative estimate of drug-likeness (QED) is 0.0222. The molecule has 3 N–H and O–H groups in total. The number of unbranched alkanes of at least 4 members (excludes halogenated alkanes) is 52. The Labute approximate surface area is 658 Å². The van der Waals surface area contributed by atoms with E-state index in [4.69, 9.17) is 37.0 Å². The van der Waals surface area contributed by atoms with Crippen molar-refractivity contribution >= 4 is 39.5 Å². The number of carbonyl (C=O) groups is 4. The molecule has 0 aromatic heterocycles. The van der Waals surface area contributed by atoms with Crippen LogP contribution in [0.3, 0.4) is 0 Å². The number of aliphatic hydroxyl groups is 1. The van der Waals surface area contributed by atoms with E-state index in [1.165, 1.54) is 276 Å². The number of phosphoric acid groups is 2. The average molecular weight is 1560 g/mol. The lowest BCUT2D eigenvalue weighted by molar-refractivity contribution is -0.161. The highest BCUT2D eigenvalue weighted by Gasteiger charge is 2.31. The van der Waals surface area contributed by atoms with E-state index in [2.05, 4.69) is 48.5 Å². The van der Waals surface area contributed by atoms with E-state index in [0.29, 0.717) is 25.7 Å². The van der Waals surface area contributed by atoms with Crippen molar-refractivity contribution in [1.82, 2.24) is 0 Å². The normalized spacial score (nSPS) is 14.3. The van der Waals surface area contributed by atoms with E-state index < -0.39 is 97.5 Å². The van der Waals surface area contributed by atoms with E-state index >= 15 is 0 Å². The Hall–Kier alpha value is -1.94. The number of aliphatic hydroxyl groups excluding tert-OH is 1. The number of esters is 4. The molecule has 19 heteroatoms. The SMILES string of the molecule is CCCCCCCCCCCCCCCC(=O)OC[C@H](COP(=O)(O)OC[C@H](O)COP(=O)(O)OC[C@@H](COC(=O)CCCCCCCCCCCCCCCCCC(C)C)OC(=O)CCCCCCCCCCCCCCCCCCCCC(C)CC)OC(=O)CCCCCCCCCCCCC(C)CC. The number of rotatable bonds is 86. The van der Waals surface area contributed by atoms with Crippen LogP contribution in [0.1, 0.15) is 466 Å². The molecule has 0 aromatic rings. The number of hydrogen-bond acceptors (Lipinski definition) is 15. The lowest BCUT2D eigenvalue weighted by atomic mass is 9.99. The second kappa shape index (κ2) is 78.0. The van der Waals surface area contributed by atoms with Gasteiger partial charge in [-0.05, 0) is 43.4 Å². The molecular formula is C88H172O17P2. The Balaban J connectivity index is 5.25. The smallest absolute Gasteiger partial charge is 0.462 e. The van der Waals surface area contributed by atoms with Gasteiger partial charge in [-0.25, -0.2) is 9.13 Å². The van der Waals surface area contributed by atoms with Gasteiger partial charge in [0.2, 0.25) is 0 Å². The van der Waals surface area contributed by atoms with Crippen LogP contribution < -0.4 is 0 Å². The molecule has 4 unspecified atom stereocenters. The lowest BCUT2D eigenvalue weighted by Crippen LogP contribution is -2.30. The molecular weight excluding hydrogens is 1390 g/mol. The Morgan fingerprint density at radius 3 is 0.710 bits per heavy atom. The molecule has 0 rings (SSSR count). The van der Waals surface area contributed by atoms with Gasteiger partial charge in [-0.1, -0.05) is 414 Å². The summed E-state index contributed by atoms with van der Waals surface area (Å²) in [5, 5.41) is 10.7. The molecule has 0 saturated heterocycles. The molecule has 107 heavy (non-hydrogen) atoms. The van der Waals surface area contributed by atoms with E-state index in [9.17, 15) is 43.2 Å². The molecule has 0 aliphatic heterocycles. The Morgan fingerprint density at radius 1 is 0.271 bits per heavy atom. The molecule has 0 aliphatic rings. The van der Waals surface area contributed by atoms with Crippen molar-refractivity contribution in [3.05, 3.63) is 0 Å². The van der Waals surface area contributed by atoms with Gasteiger partial charge in [0.05, 0.1) is 26.4 Å². The number of ether oxygens (including phenoxy) is 4. The third-order valence-electron chi connectivity index (χ3n) is 21.4. The molecule has 0 bridgehead atoms. The zero-order valence-electron chi connectivity index (χ0n) is 70.6. The van der Waals surface area contributed by atoms with Crippen LogP contribution >= 0.6 is 15.6 Å². The van der Waals surface area contributed by atoms with Gasteiger partial charge >= 0.3 is 39.5 Å². The summed E-state index contributed by atoms with van der Waals surface area (Å²) < 4.78 is 69.0. The zero-order chi connectivity index (χ0) is 78.6. The van der Waals surface area contributed by atoms with Crippen molar-refractivity contribution in [2.24, 2.45) is 17.8 Å². The van der Waals surface area contributed by atoms with Crippen molar-refractivity contribution in [3.63, 3.8) is 0 Å². The summed E-state index contributed by atoms with van der Waals surface area (Å²) in [4.78, 5) is 73.3. The largest absolute Gasteiger partial charge is 0.472 e. The third kappa shape index (κ3) is 79.1. The fraction of sp³-hybridized carbons (Fsp3) is 0.955. The van der Waals surface area contributed by atoms with Crippen LogP contribution in [0.5, 0.6) is 0 Å². The number of carbonyl (C=O) groups excluding carboxylic acids is 4. The summed E-state index contributed by atoms with van der Waals surface area (Å²) in [5.74, 6) is 0.380. The fourth-order valence-corrected chi connectivity index (χ4v) is 15.2. The summed E-state index contributed by atoms with van der Waals surface area (Å²) in [6, 6.07) is 0. The Kier molecular flexibility index (Phi) is 76.6. The van der Waals surface area contributed by atoms with Crippen LogP contribution in [-0.4, -0.2) is 96.7 Å². The van der Waals surface area contributed by atoms with Gasteiger partial charge in [0.15, 0.2) is 12.2 Å². The minimum atomic E-state index is -4.97. The molecule has 0 heterocycles. The van der Waals surface area contributed by atoms with Gasteiger partial charge in [0.25, 0.3) is 0 Å². The van der Waals surface area contributed by atoms with Crippen LogP contribution in [0.15, 0.2) is 0 Å². The molecule has 0 aliphatic carbocycles. The van der Waals surface area contributed by atoms with Gasteiger partial charge in [0, 0.05) is 25.7 Å². The second-order valence-electron chi connectivity index (χ2n) is 32.6. The molecule has 636 valence electrons. The monoisotopic (exact) mass is 1560 g/mol. The molecule has 0 saturated carbocycles. The fourth-order valence-electron chi connectivity index (χ4n) is 13.7. The standard InChI is InChI=1S/C88H172O17P2/c1-8-11-12-13-14-15-16-26-33-41-48-55-62-69-85(90)98-76-84(105-88(93)72-65-58-51-44-37-36-40-47-54-61-68-81(7)10-3)78-103-107(96,97)101-74-82(89)73-100-106(94,95)102-77-83(75-99-86(91)70-63-56-49-42-34-29-25-21-22-27-31-38-45-52-59-66-79(4)5)104-87(92)71-64-57-50-43-35-30-24-20-18-17-19-23-28-32-39-46-53-60-67-80(6)9-2/h79-84,89H,8-78H2,1-7H3,(H,94,95)(H,96,97)/t80?,81?,82-,83-,84-/m1/s1. The Bertz CT molecular complexity index is 2060. The first-order valence-corrected chi connectivity index (χ1v) is 48.4. The third-order valence-corrected chi connectivity index (χ3v) is 23.3. The summed E-state index contributed by atoms with van der Waals surface area (Å²) in [6.45, 7) is 12.1. The number of phosphoric ester groups is 2. The molecule has 17 nitrogen and oxygen atoms in total. The lowest BCUT2D eigenvalue weighted by Gasteiger charge is -2.21. The van der Waals surface area contributed by atoms with E-state index in [-0.39, 0.29) is 25.7 Å². The first kappa shape index (κ1) is 105. The van der Waals surface area contributed by atoms with Crippen molar-refractivity contribution in [3.8, 4) is 0 Å². The topological polar surface area (TPSA) is 237 Å². The van der Waals surface area contributed by atoms with Gasteiger partial charge in [0.1, 0.15) is 19.3 Å². The summed E-state index contributed by atoms with van der Waals surface area (Å²) in [5.41, 5.74) is 0. The summed E-state index contributed by atoms with van der Waals surface area (Å²) >= 11 is 0. The molecule has 0 aromatic carbocycles. The first-order valence-electron chi connectivity index (χ1n) is 45.4. The second-order valence-corrected chi connectivity index (χ2v) is 35.5. The zero-order valence-corrected chi connectivity index (χ0v) is 72.4. The van der Waals surface area contributed by atoms with Crippen LogP contribution in [-0.2, 0) is 65.4 Å². The molecule has 0 radical (unpaired) electrons. The number of hydrogen-bond donors (Lipinski definition) is 3. The van der Waals surface area contributed by atoms with Crippen molar-refractivity contribution in [2.75, 3.05) is 39.6 Å². The molecule has 0 spiro atoms. The molecule has 0 fully saturated rings. The molecule has 7 atom stereocenters. The van der Waals surface area contributed by atoms with Crippen LogP contribution in [0.25, 0.3) is 0 Å². The van der Waals surface area contributed by atoms with Crippen molar-refractivity contribution in [2.45, 2.75) is 484 Å². The van der Waals surface area contributed by atoms with E-state index in [0.717, 1.165) is 108 Å². The average Bonchev–Trinajstić information content (AvgIpc) is 0.905. The molecule has 0 amide bonds. The minimum Gasteiger partial charge on any atom is -0.462 e. The van der Waals surface area contributed by atoms with Crippen LogP contribution in [0, 0.1) is 17.8 Å². The van der Waals surface area contributed by atoms with Gasteiger partial charge in [-0.2, -0.15) is 0 Å². The van der Waals surface area contributed by atoms with Crippen LogP contribution in [0.4, 0.5) is 0 Å². The van der Waals surface area contributed by atoms with Gasteiger partial charge in [-0.15, -0.1) is 0 Å².